The minimum absolute atomic E-state index is 0.0323. The standard InChI is InChI=1S/C15H14N2O/c1-12(14-5-3-2-4-6-14)18-11-13-7-8-17-15(9-13)10-16/h2-9,12H,11H2,1H3. The molecule has 1 aromatic carbocycles. The van der Waals surface area contributed by atoms with E-state index in [4.69, 9.17) is 10.00 Å². The number of aromatic nitrogens is 1. The predicted octanol–water partition coefficient (Wildman–Crippen LogP) is 3.23. The van der Waals surface area contributed by atoms with Crippen LogP contribution in [0, 0.1) is 11.3 Å². The summed E-state index contributed by atoms with van der Waals surface area (Å²) in [5.41, 5.74) is 2.53. The lowest BCUT2D eigenvalue weighted by molar-refractivity contribution is 0.0525. The SMILES string of the molecule is CC(OCc1ccnc(C#N)c1)c1ccccc1. The first kappa shape index (κ1) is 12.3. The van der Waals surface area contributed by atoms with Crippen LogP contribution in [0.25, 0.3) is 0 Å². The average molecular weight is 238 g/mol. The van der Waals surface area contributed by atoms with Gasteiger partial charge in [-0.1, -0.05) is 30.3 Å². The molecule has 0 aliphatic heterocycles. The summed E-state index contributed by atoms with van der Waals surface area (Å²) in [7, 11) is 0. The first-order chi connectivity index (χ1) is 8.79. The highest BCUT2D eigenvalue weighted by Gasteiger charge is 2.05. The van der Waals surface area contributed by atoms with Crippen molar-refractivity contribution >= 4 is 0 Å². The van der Waals surface area contributed by atoms with E-state index in [0.717, 1.165) is 11.1 Å². The van der Waals surface area contributed by atoms with Crippen molar-refractivity contribution in [1.29, 1.82) is 5.26 Å². The molecule has 0 amide bonds. The molecule has 0 spiro atoms. The molecule has 0 aliphatic rings. The number of pyridine rings is 1. The van der Waals surface area contributed by atoms with Gasteiger partial charge in [-0.2, -0.15) is 5.26 Å². The van der Waals surface area contributed by atoms with Gasteiger partial charge in [0.15, 0.2) is 0 Å². The third kappa shape index (κ3) is 3.16. The molecule has 2 aromatic rings. The van der Waals surface area contributed by atoms with Gasteiger partial charge >= 0.3 is 0 Å². The Morgan fingerprint density at radius 1 is 1.28 bits per heavy atom. The van der Waals surface area contributed by atoms with Gasteiger partial charge in [0.05, 0.1) is 12.7 Å². The van der Waals surface area contributed by atoms with Crippen LogP contribution in [0.3, 0.4) is 0 Å². The normalized spacial score (nSPS) is 11.8. The molecule has 0 bridgehead atoms. The van der Waals surface area contributed by atoms with Gasteiger partial charge in [0.25, 0.3) is 0 Å². The molecule has 0 saturated heterocycles. The number of hydrogen-bond donors (Lipinski definition) is 0. The van der Waals surface area contributed by atoms with E-state index in [2.05, 4.69) is 4.98 Å². The predicted molar refractivity (Wildman–Crippen MR) is 68.6 cm³/mol. The molecule has 2 rings (SSSR count). The smallest absolute Gasteiger partial charge is 0.140 e. The van der Waals surface area contributed by atoms with Crippen LogP contribution in [0.1, 0.15) is 29.8 Å². The zero-order valence-electron chi connectivity index (χ0n) is 10.2. The lowest BCUT2D eigenvalue weighted by Gasteiger charge is -2.13. The highest BCUT2D eigenvalue weighted by Crippen LogP contribution is 2.17. The third-order valence-electron chi connectivity index (χ3n) is 2.71. The topological polar surface area (TPSA) is 45.9 Å². The van der Waals surface area contributed by atoms with Gasteiger partial charge in [0.1, 0.15) is 11.8 Å². The second-order valence-corrected chi connectivity index (χ2v) is 4.03. The van der Waals surface area contributed by atoms with Crippen LogP contribution in [0.4, 0.5) is 0 Å². The van der Waals surface area contributed by atoms with E-state index < -0.39 is 0 Å². The Morgan fingerprint density at radius 2 is 2.06 bits per heavy atom. The average Bonchev–Trinajstić information content (AvgIpc) is 2.46. The summed E-state index contributed by atoms with van der Waals surface area (Å²) in [5.74, 6) is 0. The molecule has 0 saturated carbocycles. The maximum absolute atomic E-state index is 8.76. The lowest BCUT2D eigenvalue weighted by Crippen LogP contribution is -2.00. The molecule has 1 atom stereocenters. The first-order valence-corrected chi connectivity index (χ1v) is 5.81. The van der Waals surface area contributed by atoms with E-state index >= 15 is 0 Å². The zero-order valence-corrected chi connectivity index (χ0v) is 10.2. The fraction of sp³-hybridized carbons (Fsp3) is 0.200. The summed E-state index contributed by atoms with van der Waals surface area (Å²) in [4.78, 5) is 3.93. The molecule has 90 valence electrons. The van der Waals surface area contributed by atoms with Gasteiger partial charge in [0.2, 0.25) is 0 Å². The van der Waals surface area contributed by atoms with Crippen LogP contribution in [-0.2, 0) is 11.3 Å². The quantitative estimate of drug-likeness (QED) is 0.821. The number of nitriles is 1. The Bertz CT molecular complexity index is 546. The molecule has 18 heavy (non-hydrogen) atoms. The van der Waals surface area contributed by atoms with Crippen LogP contribution in [0.2, 0.25) is 0 Å². The van der Waals surface area contributed by atoms with Crippen molar-refractivity contribution in [2.45, 2.75) is 19.6 Å². The summed E-state index contributed by atoms with van der Waals surface area (Å²) in [5, 5.41) is 8.76. The monoisotopic (exact) mass is 238 g/mol. The molecule has 0 N–H and O–H groups in total. The number of rotatable bonds is 4. The van der Waals surface area contributed by atoms with E-state index in [-0.39, 0.29) is 6.10 Å². The maximum Gasteiger partial charge on any atom is 0.140 e. The van der Waals surface area contributed by atoms with Crippen molar-refractivity contribution in [3.63, 3.8) is 0 Å². The minimum atomic E-state index is 0.0323. The van der Waals surface area contributed by atoms with E-state index in [0.29, 0.717) is 12.3 Å². The largest absolute Gasteiger partial charge is 0.369 e. The van der Waals surface area contributed by atoms with Crippen LogP contribution < -0.4 is 0 Å². The molecule has 1 heterocycles. The fourth-order valence-electron chi connectivity index (χ4n) is 1.67. The minimum Gasteiger partial charge on any atom is -0.369 e. The van der Waals surface area contributed by atoms with Crippen molar-refractivity contribution in [3.05, 3.63) is 65.5 Å². The lowest BCUT2D eigenvalue weighted by atomic mass is 10.1. The Balaban J connectivity index is 1.97. The molecule has 1 unspecified atom stereocenters. The molecule has 3 nitrogen and oxygen atoms in total. The van der Waals surface area contributed by atoms with E-state index in [1.807, 2.05) is 49.4 Å². The van der Waals surface area contributed by atoms with Gasteiger partial charge in [-0.15, -0.1) is 0 Å². The molecular formula is C15H14N2O. The van der Waals surface area contributed by atoms with Crippen LogP contribution in [0.15, 0.2) is 48.7 Å². The van der Waals surface area contributed by atoms with E-state index in [9.17, 15) is 0 Å². The summed E-state index contributed by atoms with van der Waals surface area (Å²) >= 11 is 0. The van der Waals surface area contributed by atoms with Crippen LogP contribution >= 0.6 is 0 Å². The highest BCUT2D eigenvalue weighted by molar-refractivity contribution is 5.25. The van der Waals surface area contributed by atoms with E-state index in [1.165, 1.54) is 0 Å². The van der Waals surface area contributed by atoms with Gasteiger partial charge in [-0.25, -0.2) is 4.98 Å². The Hall–Kier alpha value is -2.18. The van der Waals surface area contributed by atoms with Crippen molar-refractivity contribution in [2.24, 2.45) is 0 Å². The summed E-state index contributed by atoms with van der Waals surface area (Å²) in [6.07, 6.45) is 1.66. The Labute approximate surface area is 107 Å². The maximum atomic E-state index is 8.76. The summed E-state index contributed by atoms with van der Waals surface area (Å²) < 4.78 is 5.78. The number of hydrogen-bond acceptors (Lipinski definition) is 3. The molecule has 3 heteroatoms. The van der Waals surface area contributed by atoms with Crippen molar-refractivity contribution in [1.82, 2.24) is 4.98 Å². The number of benzene rings is 1. The Kier molecular flexibility index (Phi) is 4.06. The Morgan fingerprint density at radius 3 is 2.78 bits per heavy atom. The molecule has 1 aromatic heterocycles. The van der Waals surface area contributed by atoms with Crippen LogP contribution in [-0.4, -0.2) is 4.98 Å². The van der Waals surface area contributed by atoms with Gasteiger partial charge in [-0.3, -0.25) is 0 Å². The fourth-order valence-corrected chi connectivity index (χ4v) is 1.67. The van der Waals surface area contributed by atoms with Crippen molar-refractivity contribution < 1.29 is 4.74 Å². The van der Waals surface area contributed by atoms with Gasteiger partial charge < -0.3 is 4.74 Å². The molecular weight excluding hydrogens is 224 g/mol. The summed E-state index contributed by atoms with van der Waals surface area (Å²) in [6.45, 7) is 2.50. The van der Waals surface area contributed by atoms with Crippen LogP contribution in [0.5, 0.6) is 0 Å². The zero-order chi connectivity index (χ0) is 12.8. The molecule has 0 aliphatic carbocycles. The first-order valence-electron chi connectivity index (χ1n) is 5.81. The second kappa shape index (κ2) is 5.95. The van der Waals surface area contributed by atoms with Crippen molar-refractivity contribution in [3.8, 4) is 6.07 Å². The molecule has 0 fully saturated rings. The summed E-state index contributed by atoms with van der Waals surface area (Å²) in [6, 6.07) is 15.7. The second-order valence-electron chi connectivity index (χ2n) is 4.03. The van der Waals surface area contributed by atoms with Gasteiger partial charge in [0, 0.05) is 6.20 Å². The van der Waals surface area contributed by atoms with E-state index in [1.54, 1.807) is 12.3 Å². The van der Waals surface area contributed by atoms with Gasteiger partial charge in [-0.05, 0) is 30.2 Å². The highest BCUT2D eigenvalue weighted by atomic mass is 16.5. The van der Waals surface area contributed by atoms with Crippen molar-refractivity contribution in [2.75, 3.05) is 0 Å². The number of ether oxygens (including phenoxy) is 1. The third-order valence-corrected chi connectivity index (χ3v) is 2.71. The molecule has 0 radical (unpaired) electrons. The number of nitrogens with zero attached hydrogens (tertiary/aromatic N) is 2.